The first-order valence-electron chi connectivity index (χ1n) is 14.4. The molecular formula is C28H47N3O10S2Si. The van der Waals surface area contributed by atoms with Gasteiger partial charge in [-0.1, -0.05) is 20.8 Å². The van der Waals surface area contributed by atoms with Gasteiger partial charge < -0.3 is 24.1 Å². The molecule has 0 radical (unpaired) electrons. The van der Waals surface area contributed by atoms with Gasteiger partial charge >= 0.3 is 12.2 Å². The Morgan fingerprint density at radius 3 is 2.30 bits per heavy atom. The number of nitro benzene ring substituents is 1. The molecule has 13 nitrogen and oxygen atoms in total. The molecule has 0 bridgehead atoms. The molecule has 1 aliphatic rings. The standard InChI is InChI=1S/C28H47N3O10S2Si/c1-27(2,3)40-26(33)30-18-22(41-44(8,9)28(4,5)6)16-23(30)24(42-15-14-39-43(7,36)37)17-29-25(32)38-19-20-10-12-21(13-11-20)31(34)35/h10-13,22-24H,14-19H2,1-9H3,(H,29,32)/t22-,23+,24?/m1/s1. The summed E-state index contributed by atoms with van der Waals surface area (Å²) in [6.45, 7) is 16.3. The SMILES string of the molecule is CC(C)(C)OC(=O)N1C[C@H](O[Si](C)(C)C(C)(C)C)C[C@H]1C(CNC(=O)OCc1ccc([N+](=O)[O-])cc1)SCCOS(C)(=O)=O. The number of amides is 2. The number of nitro groups is 1. The molecule has 1 aromatic carbocycles. The maximum absolute atomic E-state index is 13.4. The maximum atomic E-state index is 13.4. The Bertz CT molecular complexity index is 1250. The lowest BCUT2D eigenvalue weighted by atomic mass is 10.1. The number of alkyl carbamates (subject to hydrolysis) is 1. The predicted octanol–water partition coefficient (Wildman–Crippen LogP) is 5.30. The van der Waals surface area contributed by atoms with Crippen molar-refractivity contribution in [3.05, 3.63) is 39.9 Å². The normalized spacial score (nSPS) is 18.5. The molecule has 3 atom stereocenters. The molecule has 1 unspecified atom stereocenters. The highest BCUT2D eigenvalue weighted by Crippen LogP contribution is 2.40. The van der Waals surface area contributed by atoms with E-state index in [0.717, 1.165) is 6.26 Å². The fourth-order valence-electron chi connectivity index (χ4n) is 4.18. The van der Waals surface area contributed by atoms with E-state index in [1.165, 1.54) is 36.0 Å². The highest BCUT2D eigenvalue weighted by atomic mass is 32.2. The number of carbonyl (C=O) groups excluding carboxylic acids is 2. The largest absolute Gasteiger partial charge is 0.445 e. The average molecular weight is 678 g/mol. The Morgan fingerprint density at radius 2 is 1.77 bits per heavy atom. The van der Waals surface area contributed by atoms with Crippen LogP contribution in [0.2, 0.25) is 18.1 Å². The van der Waals surface area contributed by atoms with Crippen molar-refractivity contribution in [2.75, 3.05) is 31.7 Å². The maximum Gasteiger partial charge on any atom is 0.410 e. The molecule has 0 aromatic heterocycles. The number of likely N-dealkylation sites (tertiary alicyclic amines) is 1. The van der Waals surface area contributed by atoms with Gasteiger partial charge in [-0.25, -0.2) is 9.59 Å². The number of hydrogen-bond donors (Lipinski definition) is 1. The minimum Gasteiger partial charge on any atom is -0.445 e. The predicted molar refractivity (Wildman–Crippen MR) is 172 cm³/mol. The average Bonchev–Trinajstić information content (AvgIpc) is 3.28. The quantitative estimate of drug-likeness (QED) is 0.0947. The molecule has 250 valence electrons. The number of rotatable bonds is 13. The molecule has 2 amide bonds. The van der Waals surface area contributed by atoms with Gasteiger partial charge in [0.1, 0.15) is 12.2 Å². The van der Waals surface area contributed by atoms with Crippen LogP contribution >= 0.6 is 11.8 Å². The van der Waals surface area contributed by atoms with Crippen molar-refractivity contribution in [3.63, 3.8) is 0 Å². The number of nitrogens with zero attached hydrogens (tertiary/aromatic N) is 2. The molecule has 16 heteroatoms. The van der Waals surface area contributed by atoms with Crippen molar-refractivity contribution < 1.29 is 41.0 Å². The fourth-order valence-corrected chi connectivity index (χ4v) is 7.19. The molecule has 1 saturated heterocycles. The minimum atomic E-state index is -3.64. The van der Waals surface area contributed by atoms with Crippen LogP contribution in [0.5, 0.6) is 0 Å². The van der Waals surface area contributed by atoms with E-state index < -0.39 is 47.2 Å². The van der Waals surface area contributed by atoms with E-state index >= 15 is 0 Å². The van der Waals surface area contributed by atoms with Crippen molar-refractivity contribution in [2.45, 2.75) is 95.7 Å². The van der Waals surface area contributed by atoms with E-state index in [0.29, 0.717) is 18.5 Å². The lowest BCUT2D eigenvalue weighted by Crippen LogP contribution is -2.48. The Labute approximate surface area is 266 Å². The van der Waals surface area contributed by atoms with E-state index in [2.05, 4.69) is 39.2 Å². The number of carbonyl (C=O) groups is 2. The summed E-state index contributed by atoms with van der Waals surface area (Å²) in [6.07, 6.45) is 0.00927. The Morgan fingerprint density at radius 1 is 1.16 bits per heavy atom. The zero-order chi connectivity index (χ0) is 33.5. The summed E-state index contributed by atoms with van der Waals surface area (Å²) in [7, 11) is -5.82. The lowest BCUT2D eigenvalue weighted by molar-refractivity contribution is -0.384. The Kier molecular flexibility index (Phi) is 13.1. The van der Waals surface area contributed by atoms with Gasteiger partial charge in [-0.2, -0.15) is 20.2 Å². The fraction of sp³-hybridized carbons (Fsp3) is 0.714. The first kappa shape index (κ1) is 37.8. The van der Waals surface area contributed by atoms with Crippen LogP contribution in [0.25, 0.3) is 0 Å². The molecule has 0 spiro atoms. The van der Waals surface area contributed by atoms with Gasteiger partial charge in [0, 0.05) is 36.2 Å². The van der Waals surface area contributed by atoms with Crippen molar-refractivity contribution >= 4 is 48.1 Å². The summed E-state index contributed by atoms with van der Waals surface area (Å²) >= 11 is 1.37. The van der Waals surface area contributed by atoms with Gasteiger partial charge in [0.25, 0.3) is 15.8 Å². The van der Waals surface area contributed by atoms with Gasteiger partial charge in [0.05, 0.1) is 29.9 Å². The summed E-state index contributed by atoms with van der Waals surface area (Å²) in [5, 5.41) is 13.2. The van der Waals surface area contributed by atoms with Gasteiger partial charge in [-0.15, -0.1) is 0 Å². The van der Waals surface area contributed by atoms with Crippen LogP contribution in [-0.4, -0.2) is 93.4 Å². The van der Waals surface area contributed by atoms with Crippen LogP contribution in [0.1, 0.15) is 53.5 Å². The van der Waals surface area contributed by atoms with E-state index in [1.807, 2.05) is 0 Å². The van der Waals surface area contributed by atoms with Crippen LogP contribution in [-0.2, 0) is 34.8 Å². The van der Waals surface area contributed by atoms with Crippen molar-refractivity contribution in [1.82, 2.24) is 10.2 Å². The van der Waals surface area contributed by atoms with Crippen molar-refractivity contribution in [1.29, 1.82) is 0 Å². The highest BCUT2D eigenvalue weighted by molar-refractivity contribution is 8.00. The second-order valence-electron chi connectivity index (χ2n) is 13.3. The summed E-state index contributed by atoms with van der Waals surface area (Å²) < 4.78 is 45.6. The summed E-state index contributed by atoms with van der Waals surface area (Å²) in [5.74, 6) is 0.281. The topological polar surface area (TPSA) is 164 Å². The molecular weight excluding hydrogens is 631 g/mol. The third-order valence-corrected chi connectivity index (χ3v) is 13.7. The third kappa shape index (κ3) is 12.5. The third-order valence-electron chi connectivity index (χ3n) is 7.31. The molecule has 1 aromatic rings. The van der Waals surface area contributed by atoms with E-state index in [-0.39, 0.29) is 47.6 Å². The Hall–Kier alpha value is -2.40. The van der Waals surface area contributed by atoms with E-state index in [1.54, 1.807) is 25.7 Å². The second-order valence-corrected chi connectivity index (χ2v) is 21.0. The molecule has 0 saturated carbocycles. The van der Waals surface area contributed by atoms with Crippen molar-refractivity contribution in [2.24, 2.45) is 0 Å². The monoisotopic (exact) mass is 677 g/mol. The van der Waals surface area contributed by atoms with Gasteiger partial charge in [0.15, 0.2) is 8.32 Å². The number of benzene rings is 1. The first-order valence-corrected chi connectivity index (χ1v) is 20.1. The summed E-state index contributed by atoms with van der Waals surface area (Å²) in [4.78, 5) is 38.1. The number of ether oxygens (including phenoxy) is 2. The van der Waals surface area contributed by atoms with Crippen LogP contribution in [0.15, 0.2) is 24.3 Å². The lowest BCUT2D eigenvalue weighted by Gasteiger charge is -2.38. The highest BCUT2D eigenvalue weighted by Gasteiger charge is 2.46. The first-order chi connectivity index (χ1) is 20.1. The van der Waals surface area contributed by atoms with Gasteiger partial charge in [-0.3, -0.25) is 14.3 Å². The molecule has 1 aliphatic heterocycles. The number of non-ortho nitro benzene ring substituents is 1. The number of thioether (sulfide) groups is 1. The van der Waals surface area contributed by atoms with Crippen LogP contribution in [0.4, 0.5) is 15.3 Å². The second kappa shape index (κ2) is 15.3. The minimum absolute atomic E-state index is 0.0477. The summed E-state index contributed by atoms with van der Waals surface area (Å²) in [5.41, 5.74) is -0.224. The molecule has 1 fully saturated rings. The van der Waals surface area contributed by atoms with Crippen molar-refractivity contribution in [3.8, 4) is 0 Å². The zero-order valence-electron chi connectivity index (χ0n) is 27.1. The van der Waals surface area contributed by atoms with Crippen LogP contribution in [0.3, 0.4) is 0 Å². The molecule has 1 heterocycles. The summed E-state index contributed by atoms with van der Waals surface area (Å²) in [6, 6.07) is 5.26. The molecule has 2 rings (SSSR count). The molecule has 1 N–H and O–H groups in total. The zero-order valence-corrected chi connectivity index (χ0v) is 29.7. The van der Waals surface area contributed by atoms with Crippen LogP contribution in [0, 0.1) is 10.1 Å². The van der Waals surface area contributed by atoms with Gasteiger partial charge in [0.2, 0.25) is 0 Å². The number of nitrogens with one attached hydrogen (secondary N) is 1. The number of hydrogen-bond acceptors (Lipinski definition) is 11. The molecule has 44 heavy (non-hydrogen) atoms. The molecule has 0 aliphatic carbocycles. The van der Waals surface area contributed by atoms with Crippen LogP contribution < -0.4 is 5.32 Å². The Balaban J connectivity index is 2.22. The van der Waals surface area contributed by atoms with E-state index in [9.17, 15) is 28.1 Å². The van der Waals surface area contributed by atoms with E-state index in [4.69, 9.17) is 18.1 Å². The van der Waals surface area contributed by atoms with Gasteiger partial charge in [-0.05, 0) is 63.0 Å². The smallest absolute Gasteiger partial charge is 0.410 e.